The zero-order chi connectivity index (χ0) is 38.6. The number of hydrogen-bond donors (Lipinski definition) is 0. The SMILES string of the molecule is Cc1cc(-c2ccccc2)ccc1N(c1ccc(-c2ccccc2)c(-c2ccc3c(c2)C3)c1)c1ccc2c(c1)C(c1ccccc1)(c1ccccc1)c1ccccc1-2. The third-order valence-electron chi connectivity index (χ3n) is 12.4. The van der Waals surface area contributed by atoms with Gasteiger partial charge in [-0.15, -0.1) is 0 Å². The molecular formula is C57H41N. The van der Waals surface area contributed by atoms with Gasteiger partial charge < -0.3 is 4.90 Å². The van der Waals surface area contributed by atoms with Crippen LogP contribution < -0.4 is 4.90 Å². The van der Waals surface area contributed by atoms with Crippen LogP contribution in [-0.4, -0.2) is 0 Å². The smallest absolute Gasteiger partial charge is 0.0714 e. The third-order valence-corrected chi connectivity index (χ3v) is 12.4. The van der Waals surface area contributed by atoms with Crippen LogP contribution in [0.15, 0.2) is 218 Å². The topological polar surface area (TPSA) is 3.24 Å². The predicted octanol–water partition coefficient (Wildman–Crippen LogP) is 14.7. The largest absolute Gasteiger partial charge is 0.310 e. The number of aryl methyl sites for hydroxylation is 1. The van der Waals surface area contributed by atoms with Crippen LogP contribution in [0.2, 0.25) is 0 Å². The Labute approximate surface area is 341 Å². The van der Waals surface area contributed by atoms with Crippen LogP contribution in [0.3, 0.4) is 0 Å². The van der Waals surface area contributed by atoms with E-state index in [1.807, 2.05) is 0 Å². The van der Waals surface area contributed by atoms with Gasteiger partial charge in [-0.3, -0.25) is 0 Å². The molecule has 0 saturated carbocycles. The predicted molar refractivity (Wildman–Crippen MR) is 242 cm³/mol. The fraction of sp³-hybridized carbons (Fsp3) is 0.0526. The van der Waals surface area contributed by atoms with Gasteiger partial charge in [0.2, 0.25) is 0 Å². The molecule has 9 aromatic rings. The zero-order valence-electron chi connectivity index (χ0n) is 32.4. The van der Waals surface area contributed by atoms with Crippen molar-refractivity contribution >= 4 is 17.1 Å². The molecule has 11 rings (SSSR count). The molecule has 0 N–H and O–H groups in total. The molecule has 1 heteroatoms. The van der Waals surface area contributed by atoms with E-state index in [2.05, 4.69) is 230 Å². The van der Waals surface area contributed by atoms with Crippen molar-refractivity contribution in [3.05, 3.63) is 257 Å². The van der Waals surface area contributed by atoms with E-state index in [0.29, 0.717) is 0 Å². The second-order valence-electron chi connectivity index (χ2n) is 15.7. The number of anilines is 3. The molecule has 0 aliphatic heterocycles. The first-order chi connectivity index (χ1) is 28.7. The molecular weight excluding hydrogens is 699 g/mol. The fourth-order valence-electron chi connectivity index (χ4n) is 9.56. The quantitative estimate of drug-likeness (QED) is 0.150. The molecule has 9 aromatic carbocycles. The van der Waals surface area contributed by atoms with Gasteiger partial charge in [-0.1, -0.05) is 182 Å². The molecule has 0 aromatic heterocycles. The molecule has 0 radical (unpaired) electrons. The van der Waals surface area contributed by atoms with Gasteiger partial charge in [-0.05, 0) is 133 Å². The summed E-state index contributed by atoms with van der Waals surface area (Å²) in [6.45, 7) is 2.25. The lowest BCUT2D eigenvalue weighted by Crippen LogP contribution is -2.28. The maximum atomic E-state index is 2.49. The van der Waals surface area contributed by atoms with Crippen molar-refractivity contribution < 1.29 is 0 Å². The van der Waals surface area contributed by atoms with Gasteiger partial charge in [0.05, 0.1) is 5.41 Å². The monoisotopic (exact) mass is 739 g/mol. The first-order valence-corrected chi connectivity index (χ1v) is 20.3. The minimum Gasteiger partial charge on any atom is -0.310 e. The van der Waals surface area contributed by atoms with Crippen LogP contribution in [0.25, 0.3) is 44.5 Å². The van der Waals surface area contributed by atoms with Gasteiger partial charge in [-0.2, -0.15) is 0 Å². The lowest BCUT2D eigenvalue weighted by Gasteiger charge is -2.35. The summed E-state index contributed by atoms with van der Waals surface area (Å²) in [5.41, 5.74) is 22.1. The first-order valence-electron chi connectivity index (χ1n) is 20.3. The molecule has 58 heavy (non-hydrogen) atoms. The summed E-state index contributed by atoms with van der Waals surface area (Å²) in [7, 11) is 0. The van der Waals surface area contributed by atoms with E-state index in [1.54, 1.807) is 0 Å². The Hall–Kier alpha value is -7.22. The molecule has 2 aliphatic rings. The van der Waals surface area contributed by atoms with E-state index in [0.717, 1.165) is 23.5 Å². The molecule has 0 amide bonds. The average molecular weight is 740 g/mol. The van der Waals surface area contributed by atoms with Gasteiger partial charge in [0.15, 0.2) is 0 Å². The highest BCUT2D eigenvalue weighted by Gasteiger charge is 2.46. The first kappa shape index (κ1) is 34.1. The summed E-state index contributed by atoms with van der Waals surface area (Å²) in [6, 6.07) is 80.9. The highest BCUT2D eigenvalue weighted by Crippen LogP contribution is 2.57. The van der Waals surface area contributed by atoms with Crippen molar-refractivity contribution in [3.8, 4) is 44.5 Å². The van der Waals surface area contributed by atoms with E-state index in [9.17, 15) is 0 Å². The van der Waals surface area contributed by atoms with E-state index >= 15 is 0 Å². The maximum Gasteiger partial charge on any atom is 0.0714 e. The second kappa shape index (κ2) is 13.8. The molecule has 2 aliphatic carbocycles. The maximum absolute atomic E-state index is 2.49. The fourth-order valence-corrected chi connectivity index (χ4v) is 9.56. The molecule has 1 nitrogen and oxygen atoms in total. The van der Waals surface area contributed by atoms with E-state index in [4.69, 9.17) is 0 Å². The summed E-state index contributed by atoms with van der Waals surface area (Å²) < 4.78 is 0. The van der Waals surface area contributed by atoms with Crippen LogP contribution in [0, 0.1) is 6.92 Å². The Morgan fingerprint density at radius 1 is 0.362 bits per heavy atom. The Morgan fingerprint density at radius 3 is 1.60 bits per heavy atom. The van der Waals surface area contributed by atoms with Crippen LogP contribution in [0.1, 0.15) is 38.9 Å². The molecule has 0 spiro atoms. The summed E-state index contributed by atoms with van der Waals surface area (Å²) in [4.78, 5) is 2.49. The van der Waals surface area contributed by atoms with Crippen LogP contribution in [-0.2, 0) is 11.8 Å². The number of fused-ring (bicyclic) bond motifs is 4. The zero-order valence-corrected chi connectivity index (χ0v) is 32.4. The lowest BCUT2D eigenvalue weighted by molar-refractivity contribution is 0.768. The Bertz CT molecular complexity index is 2930. The van der Waals surface area contributed by atoms with Crippen molar-refractivity contribution in [2.24, 2.45) is 0 Å². The summed E-state index contributed by atoms with van der Waals surface area (Å²) >= 11 is 0. The standard InChI is InChI=1S/C57H41N/c1-39-34-42(40-16-6-2-7-17-40)28-33-56(39)58(48-29-31-50(41-18-8-3-9-19-41)53(37-48)44-27-26-43-35-45(43)36-44)49-30-32-52-51-24-14-15-25-54(51)57(55(52)38-49,46-20-10-4-11-21-46)47-22-12-5-13-23-47/h2-34,36-38H,35H2,1H3. The molecule has 0 fully saturated rings. The summed E-state index contributed by atoms with van der Waals surface area (Å²) in [5, 5.41) is 0. The van der Waals surface area contributed by atoms with Crippen molar-refractivity contribution in [2.45, 2.75) is 18.8 Å². The van der Waals surface area contributed by atoms with E-state index in [1.165, 1.54) is 83.5 Å². The summed E-state index contributed by atoms with van der Waals surface area (Å²) in [5.74, 6) is 0. The molecule has 0 bridgehead atoms. The van der Waals surface area contributed by atoms with Gasteiger partial charge in [-0.25, -0.2) is 0 Å². The number of benzene rings is 9. The third kappa shape index (κ3) is 5.54. The minimum atomic E-state index is -0.502. The molecule has 274 valence electrons. The molecule has 0 heterocycles. The van der Waals surface area contributed by atoms with Gasteiger partial charge in [0.1, 0.15) is 0 Å². The lowest BCUT2D eigenvalue weighted by atomic mass is 9.67. The highest BCUT2D eigenvalue weighted by atomic mass is 15.1. The van der Waals surface area contributed by atoms with Crippen molar-refractivity contribution in [1.29, 1.82) is 0 Å². The molecule has 0 atom stereocenters. The highest BCUT2D eigenvalue weighted by molar-refractivity contribution is 5.93. The Balaban J connectivity index is 1.17. The van der Waals surface area contributed by atoms with Crippen molar-refractivity contribution in [3.63, 3.8) is 0 Å². The van der Waals surface area contributed by atoms with Crippen molar-refractivity contribution in [1.82, 2.24) is 0 Å². The van der Waals surface area contributed by atoms with E-state index in [-0.39, 0.29) is 0 Å². The number of hydrogen-bond acceptors (Lipinski definition) is 1. The van der Waals surface area contributed by atoms with Crippen molar-refractivity contribution in [2.75, 3.05) is 4.90 Å². The Morgan fingerprint density at radius 2 is 0.931 bits per heavy atom. The van der Waals surface area contributed by atoms with Crippen LogP contribution in [0.5, 0.6) is 0 Å². The second-order valence-corrected chi connectivity index (χ2v) is 15.7. The van der Waals surface area contributed by atoms with Gasteiger partial charge >= 0.3 is 0 Å². The number of rotatable bonds is 8. The van der Waals surface area contributed by atoms with Gasteiger partial charge in [0.25, 0.3) is 0 Å². The van der Waals surface area contributed by atoms with Crippen LogP contribution in [0.4, 0.5) is 17.1 Å². The van der Waals surface area contributed by atoms with Gasteiger partial charge in [0, 0.05) is 17.1 Å². The normalized spacial score (nSPS) is 13.0. The minimum absolute atomic E-state index is 0.502. The Kier molecular flexibility index (Phi) is 8.08. The summed E-state index contributed by atoms with van der Waals surface area (Å²) in [6.07, 6.45) is 1.08. The molecule has 0 saturated heterocycles. The average Bonchev–Trinajstić information content (AvgIpc) is 4.02. The number of nitrogens with zero attached hydrogens (tertiary/aromatic N) is 1. The van der Waals surface area contributed by atoms with Crippen LogP contribution >= 0.6 is 0 Å². The molecule has 0 unspecified atom stereocenters. The van der Waals surface area contributed by atoms with E-state index < -0.39 is 5.41 Å².